The van der Waals surface area contributed by atoms with Crippen molar-refractivity contribution in [2.24, 2.45) is 11.7 Å². The van der Waals surface area contributed by atoms with Crippen LogP contribution in [-0.2, 0) is 16.0 Å². The predicted molar refractivity (Wildman–Crippen MR) is 83.6 cm³/mol. The highest BCUT2D eigenvalue weighted by Gasteiger charge is 2.24. The van der Waals surface area contributed by atoms with E-state index in [1.807, 2.05) is 12.5 Å². The number of aromatic nitrogens is 2. The monoisotopic (exact) mass is 309 g/mol. The largest absolute Gasteiger partial charge is 0.479 e. The lowest BCUT2D eigenvalue weighted by Gasteiger charge is -2.26. The van der Waals surface area contributed by atoms with Gasteiger partial charge in [0.25, 0.3) is 0 Å². The first kappa shape index (κ1) is 17.0. The number of carbonyl (C=O) groups is 1. The number of nitrogens with zero attached hydrogens (tertiary/aromatic N) is 2. The second kappa shape index (κ2) is 7.74. The van der Waals surface area contributed by atoms with Crippen molar-refractivity contribution in [3.8, 4) is 0 Å². The second-order valence-corrected chi connectivity index (χ2v) is 6.44. The van der Waals surface area contributed by atoms with Crippen LogP contribution in [0, 0.1) is 5.92 Å². The Morgan fingerprint density at radius 3 is 2.77 bits per heavy atom. The van der Waals surface area contributed by atoms with Crippen LogP contribution in [0.2, 0.25) is 0 Å². The second-order valence-electron chi connectivity index (χ2n) is 6.44. The predicted octanol–water partition coefficient (Wildman–Crippen LogP) is 1.99. The van der Waals surface area contributed by atoms with Gasteiger partial charge in [0, 0.05) is 25.2 Å². The van der Waals surface area contributed by atoms with Crippen LogP contribution < -0.4 is 5.73 Å². The Hall–Kier alpha value is -1.40. The molecule has 1 aliphatic carbocycles. The van der Waals surface area contributed by atoms with Gasteiger partial charge < -0.3 is 20.1 Å². The molecule has 2 rings (SSSR count). The summed E-state index contributed by atoms with van der Waals surface area (Å²) in [5.41, 5.74) is 6.25. The molecule has 6 nitrogen and oxygen atoms in total. The van der Waals surface area contributed by atoms with Gasteiger partial charge >= 0.3 is 5.97 Å². The first-order valence-corrected chi connectivity index (χ1v) is 8.10. The minimum Gasteiger partial charge on any atom is -0.479 e. The van der Waals surface area contributed by atoms with Crippen LogP contribution in [0.15, 0.2) is 12.5 Å². The zero-order valence-electron chi connectivity index (χ0n) is 13.4. The van der Waals surface area contributed by atoms with E-state index >= 15 is 0 Å². The molecule has 3 N–H and O–H groups in total. The summed E-state index contributed by atoms with van der Waals surface area (Å²) in [5.74, 6) is -0.164. The van der Waals surface area contributed by atoms with Crippen LogP contribution in [0.3, 0.4) is 0 Å². The summed E-state index contributed by atoms with van der Waals surface area (Å²) in [6.45, 7) is 4.37. The Morgan fingerprint density at radius 1 is 1.50 bits per heavy atom. The molecule has 1 unspecified atom stereocenters. The number of carboxylic acids is 1. The topological polar surface area (TPSA) is 90.4 Å². The van der Waals surface area contributed by atoms with Crippen LogP contribution >= 0.6 is 0 Å². The van der Waals surface area contributed by atoms with E-state index in [-0.39, 0.29) is 12.5 Å². The molecule has 0 aromatic carbocycles. The number of carboxylic acid groups (broad SMARTS) is 1. The normalized spacial score (nSPS) is 24.9. The highest BCUT2D eigenvalue weighted by Crippen LogP contribution is 2.31. The number of nitrogens with two attached hydrogens (primary N) is 1. The Labute approximate surface area is 131 Å². The molecule has 2 atom stereocenters. The lowest BCUT2D eigenvalue weighted by Crippen LogP contribution is -2.33. The Bertz CT molecular complexity index is 481. The number of hydrogen-bond donors (Lipinski definition) is 2. The van der Waals surface area contributed by atoms with Gasteiger partial charge in [-0.15, -0.1) is 0 Å². The standard InChI is InChI=1S/C16H27N3O3/c1-11-3-5-14(6-4-11)19-9-13(18-10-19)7-15(16(20)21)22-12(2)8-17/h9-12,14-15H,3-8,17H2,1-2H3,(H,20,21)/t11?,12-,14?,15?/m1/s1. The quantitative estimate of drug-likeness (QED) is 0.804. The van der Waals surface area contributed by atoms with Crippen molar-refractivity contribution in [3.63, 3.8) is 0 Å². The molecule has 0 spiro atoms. The highest BCUT2D eigenvalue weighted by molar-refractivity contribution is 5.72. The van der Waals surface area contributed by atoms with Gasteiger partial charge in [-0.25, -0.2) is 9.78 Å². The smallest absolute Gasteiger partial charge is 0.333 e. The van der Waals surface area contributed by atoms with Gasteiger partial charge in [0.1, 0.15) is 0 Å². The lowest BCUT2D eigenvalue weighted by molar-refractivity contribution is -0.153. The number of hydrogen-bond acceptors (Lipinski definition) is 4. The Kier molecular flexibility index (Phi) is 5.97. The summed E-state index contributed by atoms with van der Waals surface area (Å²) < 4.78 is 7.59. The molecule has 1 heterocycles. The summed E-state index contributed by atoms with van der Waals surface area (Å²) in [6, 6.07) is 0.490. The fourth-order valence-corrected chi connectivity index (χ4v) is 2.94. The summed E-state index contributed by atoms with van der Waals surface area (Å²) in [7, 11) is 0. The first-order chi connectivity index (χ1) is 10.5. The molecule has 1 aliphatic rings. The Morgan fingerprint density at radius 2 is 2.18 bits per heavy atom. The highest BCUT2D eigenvalue weighted by atomic mass is 16.5. The van der Waals surface area contributed by atoms with E-state index in [1.54, 1.807) is 6.92 Å². The molecule has 1 fully saturated rings. The molecule has 1 aromatic rings. The average Bonchev–Trinajstić information content (AvgIpc) is 2.95. The number of rotatable bonds is 7. The number of ether oxygens (including phenoxy) is 1. The van der Waals surface area contributed by atoms with Crippen LogP contribution in [-0.4, -0.2) is 39.4 Å². The van der Waals surface area contributed by atoms with Gasteiger partial charge in [0.15, 0.2) is 6.10 Å². The molecule has 0 aliphatic heterocycles. The van der Waals surface area contributed by atoms with Crippen molar-refractivity contribution in [1.29, 1.82) is 0 Å². The molecular weight excluding hydrogens is 282 g/mol. The molecule has 0 saturated heterocycles. The molecule has 1 aromatic heterocycles. The van der Waals surface area contributed by atoms with E-state index < -0.39 is 12.1 Å². The van der Waals surface area contributed by atoms with Gasteiger partial charge in [0.05, 0.1) is 18.1 Å². The number of aliphatic carboxylic acids is 1. The molecule has 124 valence electrons. The minimum absolute atomic E-state index is 0.274. The average molecular weight is 309 g/mol. The molecule has 0 radical (unpaired) electrons. The SMILES string of the molecule is CC1CCC(n2cnc(CC(O[C@H](C)CN)C(=O)O)c2)CC1. The molecular formula is C16H27N3O3. The van der Waals surface area contributed by atoms with Crippen molar-refractivity contribution in [1.82, 2.24) is 9.55 Å². The van der Waals surface area contributed by atoms with E-state index in [0.717, 1.165) is 11.6 Å². The van der Waals surface area contributed by atoms with Crippen molar-refractivity contribution in [2.75, 3.05) is 6.54 Å². The molecule has 6 heteroatoms. The Balaban J connectivity index is 1.96. The fourth-order valence-electron chi connectivity index (χ4n) is 2.94. The molecule has 0 amide bonds. The van der Waals surface area contributed by atoms with Gasteiger partial charge in [0.2, 0.25) is 0 Å². The van der Waals surface area contributed by atoms with E-state index in [1.165, 1.54) is 25.7 Å². The summed E-state index contributed by atoms with van der Waals surface area (Å²) in [4.78, 5) is 15.7. The van der Waals surface area contributed by atoms with Crippen molar-refractivity contribution < 1.29 is 14.6 Å². The third-order valence-corrected chi connectivity index (χ3v) is 4.46. The van der Waals surface area contributed by atoms with Gasteiger partial charge in [-0.05, 0) is 38.5 Å². The summed E-state index contributed by atoms with van der Waals surface area (Å²) in [5, 5.41) is 9.26. The van der Waals surface area contributed by atoms with E-state index in [2.05, 4.69) is 16.5 Å². The minimum atomic E-state index is -0.971. The third-order valence-electron chi connectivity index (χ3n) is 4.46. The first-order valence-electron chi connectivity index (χ1n) is 8.10. The van der Waals surface area contributed by atoms with Crippen molar-refractivity contribution >= 4 is 5.97 Å². The zero-order chi connectivity index (χ0) is 16.1. The van der Waals surface area contributed by atoms with Crippen molar-refractivity contribution in [3.05, 3.63) is 18.2 Å². The van der Waals surface area contributed by atoms with Crippen LogP contribution in [0.1, 0.15) is 51.3 Å². The summed E-state index contributed by atoms with van der Waals surface area (Å²) in [6.07, 6.45) is 7.71. The van der Waals surface area contributed by atoms with E-state index in [9.17, 15) is 9.90 Å². The maximum absolute atomic E-state index is 11.3. The number of imidazole rings is 1. The summed E-state index contributed by atoms with van der Waals surface area (Å²) >= 11 is 0. The van der Waals surface area contributed by atoms with Gasteiger partial charge in [-0.3, -0.25) is 0 Å². The lowest BCUT2D eigenvalue weighted by atomic mass is 9.87. The van der Waals surface area contributed by atoms with E-state index in [4.69, 9.17) is 10.5 Å². The van der Waals surface area contributed by atoms with Crippen LogP contribution in [0.25, 0.3) is 0 Å². The zero-order valence-corrected chi connectivity index (χ0v) is 13.4. The molecule has 0 bridgehead atoms. The maximum Gasteiger partial charge on any atom is 0.333 e. The van der Waals surface area contributed by atoms with Crippen LogP contribution in [0.4, 0.5) is 0 Å². The third kappa shape index (κ3) is 4.55. The van der Waals surface area contributed by atoms with Crippen molar-refractivity contribution in [2.45, 2.75) is 64.2 Å². The molecule has 1 saturated carbocycles. The van der Waals surface area contributed by atoms with E-state index in [0.29, 0.717) is 12.6 Å². The maximum atomic E-state index is 11.3. The van der Waals surface area contributed by atoms with Gasteiger partial charge in [-0.2, -0.15) is 0 Å². The van der Waals surface area contributed by atoms with Crippen LogP contribution in [0.5, 0.6) is 0 Å². The fraction of sp³-hybridized carbons (Fsp3) is 0.750. The van der Waals surface area contributed by atoms with Gasteiger partial charge in [-0.1, -0.05) is 6.92 Å². The molecule has 22 heavy (non-hydrogen) atoms.